The Bertz CT molecular complexity index is 903. The van der Waals surface area contributed by atoms with Gasteiger partial charge in [-0.25, -0.2) is 4.98 Å². The molecule has 0 amide bonds. The van der Waals surface area contributed by atoms with Crippen LogP contribution in [0.4, 0.5) is 13.2 Å². The van der Waals surface area contributed by atoms with Gasteiger partial charge in [0.05, 0.1) is 22.0 Å². The summed E-state index contributed by atoms with van der Waals surface area (Å²) in [4.78, 5) is 18.7. The molecule has 0 unspecified atom stereocenters. The van der Waals surface area contributed by atoms with E-state index in [9.17, 15) is 23.2 Å². The molecular weight excluding hydrogens is 331 g/mol. The number of H-pyrrole nitrogens is 1. The van der Waals surface area contributed by atoms with Gasteiger partial charge in [-0.05, 0) is 30.9 Å². The molecule has 25 heavy (non-hydrogen) atoms. The third kappa shape index (κ3) is 3.39. The highest BCUT2D eigenvalue weighted by atomic mass is 19.4. The fourth-order valence-electron chi connectivity index (χ4n) is 3.73. The number of rotatable bonds is 2. The Morgan fingerprint density at radius 2 is 2.00 bits per heavy atom. The maximum absolute atomic E-state index is 13.6. The third-order valence-electron chi connectivity index (χ3n) is 4.86. The van der Waals surface area contributed by atoms with Gasteiger partial charge in [-0.2, -0.15) is 18.4 Å². The molecule has 1 fully saturated rings. The minimum Gasteiger partial charge on any atom is -0.310 e. The number of hydrogen-bond donors (Lipinski definition) is 1. The van der Waals surface area contributed by atoms with E-state index in [0.717, 1.165) is 38.2 Å². The van der Waals surface area contributed by atoms with Crippen molar-refractivity contribution in [2.75, 3.05) is 0 Å². The van der Waals surface area contributed by atoms with Crippen molar-refractivity contribution in [3.8, 4) is 6.07 Å². The zero-order valence-corrected chi connectivity index (χ0v) is 13.8. The number of alkyl halides is 3. The molecule has 0 aliphatic heterocycles. The zero-order valence-electron chi connectivity index (χ0n) is 13.8. The standard InChI is InChI=1S/C18H18F3N3O/c1-10-23-15-8-14(18(19,20)21)12(7-11-5-3-2-4-6-11)13(9-22)16(15)17(25)24-10/h8,11H,2-7H2,1H3,(H,23,24,25). The molecule has 0 spiro atoms. The summed E-state index contributed by atoms with van der Waals surface area (Å²) in [6.45, 7) is 1.50. The molecule has 4 nitrogen and oxygen atoms in total. The van der Waals surface area contributed by atoms with Crippen molar-refractivity contribution in [3.05, 3.63) is 38.9 Å². The van der Waals surface area contributed by atoms with Crippen molar-refractivity contribution < 1.29 is 13.2 Å². The average molecular weight is 349 g/mol. The fourth-order valence-corrected chi connectivity index (χ4v) is 3.73. The van der Waals surface area contributed by atoms with Crippen molar-refractivity contribution in [3.63, 3.8) is 0 Å². The van der Waals surface area contributed by atoms with Gasteiger partial charge in [-0.15, -0.1) is 0 Å². The molecule has 7 heteroatoms. The van der Waals surface area contributed by atoms with Crippen molar-refractivity contribution in [2.45, 2.75) is 51.6 Å². The Hall–Kier alpha value is -2.36. The lowest BCUT2D eigenvalue weighted by Gasteiger charge is -2.24. The van der Waals surface area contributed by atoms with Crippen LogP contribution < -0.4 is 5.56 Å². The van der Waals surface area contributed by atoms with E-state index in [4.69, 9.17) is 0 Å². The highest BCUT2D eigenvalue weighted by molar-refractivity contribution is 5.86. The van der Waals surface area contributed by atoms with E-state index >= 15 is 0 Å². The second kappa shape index (κ2) is 6.51. The summed E-state index contributed by atoms with van der Waals surface area (Å²) in [5, 5.41) is 9.48. The van der Waals surface area contributed by atoms with Gasteiger partial charge in [0.1, 0.15) is 11.9 Å². The molecule has 0 atom stereocenters. The Morgan fingerprint density at radius 3 is 2.60 bits per heavy atom. The van der Waals surface area contributed by atoms with E-state index in [1.807, 2.05) is 6.07 Å². The summed E-state index contributed by atoms with van der Waals surface area (Å²) in [5.74, 6) is 0.325. The number of aryl methyl sites for hydroxylation is 1. The summed E-state index contributed by atoms with van der Waals surface area (Å²) in [6.07, 6.45) is 0.342. The van der Waals surface area contributed by atoms with Crippen molar-refractivity contribution in [1.29, 1.82) is 5.26 Å². The monoisotopic (exact) mass is 349 g/mol. The number of aromatic nitrogens is 2. The van der Waals surface area contributed by atoms with Gasteiger partial charge in [0.15, 0.2) is 0 Å². The number of fused-ring (bicyclic) bond motifs is 1. The van der Waals surface area contributed by atoms with Crippen LogP contribution in [-0.2, 0) is 12.6 Å². The zero-order chi connectivity index (χ0) is 18.2. The summed E-state index contributed by atoms with van der Waals surface area (Å²) in [6, 6.07) is 2.75. The summed E-state index contributed by atoms with van der Waals surface area (Å²) in [5.41, 5.74) is -1.76. The molecule has 0 radical (unpaired) electrons. The van der Waals surface area contributed by atoms with Crippen molar-refractivity contribution >= 4 is 10.9 Å². The fraction of sp³-hybridized carbons (Fsp3) is 0.500. The average Bonchev–Trinajstić information content (AvgIpc) is 2.54. The highest BCUT2D eigenvalue weighted by Gasteiger charge is 2.36. The normalized spacial score (nSPS) is 16.1. The molecule has 0 bridgehead atoms. The van der Waals surface area contributed by atoms with Crippen LogP contribution in [0.5, 0.6) is 0 Å². The molecule has 1 heterocycles. The van der Waals surface area contributed by atoms with E-state index in [-0.39, 0.29) is 40.2 Å². The van der Waals surface area contributed by atoms with Gasteiger partial charge in [0, 0.05) is 0 Å². The van der Waals surface area contributed by atoms with E-state index in [1.165, 1.54) is 6.92 Å². The quantitative estimate of drug-likeness (QED) is 0.881. The Labute approximate surface area is 142 Å². The minimum atomic E-state index is -4.60. The first-order chi connectivity index (χ1) is 11.8. The maximum Gasteiger partial charge on any atom is 0.416 e. The van der Waals surface area contributed by atoms with Crippen molar-refractivity contribution in [1.82, 2.24) is 9.97 Å². The van der Waals surface area contributed by atoms with Crippen LogP contribution in [0.15, 0.2) is 10.9 Å². The lowest BCUT2D eigenvalue weighted by Crippen LogP contribution is -2.19. The molecule has 132 valence electrons. The lowest BCUT2D eigenvalue weighted by atomic mass is 9.82. The van der Waals surface area contributed by atoms with Crippen LogP contribution in [0.3, 0.4) is 0 Å². The predicted molar refractivity (Wildman–Crippen MR) is 87.1 cm³/mol. The lowest BCUT2D eigenvalue weighted by molar-refractivity contribution is -0.138. The smallest absolute Gasteiger partial charge is 0.310 e. The van der Waals surface area contributed by atoms with Crippen LogP contribution in [-0.4, -0.2) is 9.97 Å². The first kappa shape index (κ1) is 17.5. The topological polar surface area (TPSA) is 69.5 Å². The van der Waals surface area contributed by atoms with Crippen LogP contribution >= 0.6 is 0 Å². The SMILES string of the molecule is Cc1nc2cc(C(F)(F)F)c(CC3CCCCC3)c(C#N)c2c(=O)[nH]1. The van der Waals surface area contributed by atoms with Crippen LogP contribution in [0.1, 0.15) is 54.6 Å². The molecule has 1 saturated carbocycles. The Morgan fingerprint density at radius 1 is 1.32 bits per heavy atom. The number of nitrogens with one attached hydrogen (secondary N) is 1. The van der Waals surface area contributed by atoms with Gasteiger partial charge in [-0.3, -0.25) is 4.79 Å². The van der Waals surface area contributed by atoms with E-state index < -0.39 is 17.3 Å². The first-order valence-electron chi connectivity index (χ1n) is 8.35. The first-order valence-corrected chi connectivity index (χ1v) is 8.35. The molecule has 1 aromatic carbocycles. The van der Waals surface area contributed by atoms with Gasteiger partial charge < -0.3 is 4.98 Å². The number of nitrogens with zero attached hydrogens (tertiary/aromatic N) is 2. The number of benzene rings is 1. The van der Waals surface area contributed by atoms with Gasteiger partial charge >= 0.3 is 6.18 Å². The minimum absolute atomic E-state index is 0.0492. The molecule has 1 aliphatic rings. The van der Waals surface area contributed by atoms with E-state index in [1.54, 1.807) is 0 Å². The van der Waals surface area contributed by atoms with E-state index in [2.05, 4.69) is 9.97 Å². The number of halogens is 3. The van der Waals surface area contributed by atoms with Crippen molar-refractivity contribution in [2.24, 2.45) is 5.92 Å². The van der Waals surface area contributed by atoms with E-state index in [0.29, 0.717) is 0 Å². The Balaban J connectivity index is 2.27. The Kier molecular flexibility index (Phi) is 4.55. The second-order valence-corrected chi connectivity index (χ2v) is 6.64. The number of aromatic amines is 1. The van der Waals surface area contributed by atoms with Gasteiger partial charge in [-0.1, -0.05) is 32.1 Å². The molecule has 3 rings (SSSR count). The summed E-state index contributed by atoms with van der Waals surface area (Å²) in [7, 11) is 0. The van der Waals surface area contributed by atoms with Crippen LogP contribution in [0.25, 0.3) is 10.9 Å². The third-order valence-corrected chi connectivity index (χ3v) is 4.86. The van der Waals surface area contributed by atoms with Crippen LogP contribution in [0.2, 0.25) is 0 Å². The summed E-state index contributed by atoms with van der Waals surface area (Å²) < 4.78 is 40.9. The molecule has 1 aromatic heterocycles. The maximum atomic E-state index is 13.6. The molecule has 0 saturated heterocycles. The largest absolute Gasteiger partial charge is 0.416 e. The van der Waals surface area contributed by atoms with Gasteiger partial charge in [0.25, 0.3) is 5.56 Å². The molecular formula is C18H18F3N3O. The molecule has 2 aromatic rings. The second-order valence-electron chi connectivity index (χ2n) is 6.64. The van der Waals surface area contributed by atoms with Crippen LogP contribution in [0, 0.1) is 24.2 Å². The number of hydrogen-bond acceptors (Lipinski definition) is 3. The summed E-state index contributed by atoms with van der Waals surface area (Å²) >= 11 is 0. The number of nitriles is 1. The molecule has 1 N–H and O–H groups in total. The predicted octanol–water partition coefficient (Wildman–Crippen LogP) is 4.24. The molecule has 1 aliphatic carbocycles. The van der Waals surface area contributed by atoms with Gasteiger partial charge in [0.2, 0.25) is 0 Å². The highest BCUT2D eigenvalue weighted by Crippen LogP contribution is 2.38.